The van der Waals surface area contributed by atoms with Gasteiger partial charge in [-0.05, 0) is 31.9 Å². The Balaban J connectivity index is 2.13. The van der Waals surface area contributed by atoms with Gasteiger partial charge in [-0.3, -0.25) is 4.79 Å². The standard InChI is InChI=1S/C13H17ClN2O/c1-9-10(5-6-11(14)15-9)16-12(17)13(2)7-3-4-8-13/h5-6H,3-4,7-8H2,1-2H3,(H,16,17). The molecule has 1 heterocycles. The number of nitrogens with one attached hydrogen (secondary N) is 1. The van der Waals surface area contributed by atoms with Crippen LogP contribution in [0.4, 0.5) is 5.69 Å². The Morgan fingerprint density at radius 1 is 1.41 bits per heavy atom. The van der Waals surface area contributed by atoms with E-state index in [1.54, 1.807) is 12.1 Å². The summed E-state index contributed by atoms with van der Waals surface area (Å²) in [4.78, 5) is 16.3. The van der Waals surface area contributed by atoms with E-state index in [0.717, 1.165) is 37.1 Å². The van der Waals surface area contributed by atoms with Crippen LogP contribution in [0.3, 0.4) is 0 Å². The third kappa shape index (κ3) is 2.60. The number of anilines is 1. The molecule has 17 heavy (non-hydrogen) atoms. The van der Waals surface area contributed by atoms with Crippen LogP contribution in [-0.2, 0) is 4.79 Å². The van der Waals surface area contributed by atoms with Crippen LogP contribution in [-0.4, -0.2) is 10.9 Å². The number of aryl methyl sites for hydroxylation is 1. The summed E-state index contributed by atoms with van der Waals surface area (Å²) in [6.45, 7) is 3.88. The minimum absolute atomic E-state index is 0.0993. The Bertz CT molecular complexity index is 439. The molecule has 1 aromatic heterocycles. The van der Waals surface area contributed by atoms with Gasteiger partial charge in [0.25, 0.3) is 0 Å². The summed E-state index contributed by atoms with van der Waals surface area (Å²) < 4.78 is 0. The highest BCUT2D eigenvalue weighted by molar-refractivity contribution is 6.29. The minimum atomic E-state index is -0.216. The number of hydrogen-bond donors (Lipinski definition) is 1. The molecule has 0 atom stereocenters. The quantitative estimate of drug-likeness (QED) is 0.818. The Morgan fingerprint density at radius 2 is 2.06 bits per heavy atom. The summed E-state index contributed by atoms with van der Waals surface area (Å²) in [5.41, 5.74) is 1.30. The Morgan fingerprint density at radius 3 is 2.65 bits per heavy atom. The van der Waals surface area contributed by atoms with Gasteiger partial charge in [0.15, 0.2) is 0 Å². The molecular formula is C13H17ClN2O. The lowest BCUT2D eigenvalue weighted by molar-refractivity contribution is -0.124. The minimum Gasteiger partial charge on any atom is -0.324 e. The fourth-order valence-corrected chi connectivity index (χ4v) is 2.51. The van der Waals surface area contributed by atoms with Crippen LogP contribution in [0.25, 0.3) is 0 Å². The molecule has 1 N–H and O–H groups in total. The number of hydrogen-bond acceptors (Lipinski definition) is 2. The zero-order valence-corrected chi connectivity index (χ0v) is 11.0. The van der Waals surface area contributed by atoms with E-state index in [0.29, 0.717) is 5.15 Å². The average molecular weight is 253 g/mol. The molecule has 1 aliphatic carbocycles. The fourth-order valence-electron chi connectivity index (χ4n) is 2.32. The Kier molecular flexibility index (Phi) is 3.38. The van der Waals surface area contributed by atoms with Crippen LogP contribution in [0.15, 0.2) is 12.1 Å². The fraction of sp³-hybridized carbons (Fsp3) is 0.538. The number of rotatable bonds is 2. The van der Waals surface area contributed by atoms with Crippen LogP contribution >= 0.6 is 11.6 Å². The summed E-state index contributed by atoms with van der Waals surface area (Å²) >= 11 is 5.78. The van der Waals surface area contributed by atoms with Gasteiger partial charge in [-0.25, -0.2) is 4.98 Å². The molecule has 0 aliphatic heterocycles. The van der Waals surface area contributed by atoms with Crippen molar-refractivity contribution in [3.8, 4) is 0 Å². The predicted octanol–water partition coefficient (Wildman–Crippen LogP) is 3.56. The smallest absolute Gasteiger partial charge is 0.230 e. The van der Waals surface area contributed by atoms with E-state index < -0.39 is 0 Å². The number of aromatic nitrogens is 1. The highest BCUT2D eigenvalue weighted by Crippen LogP contribution is 2.38. The molecule has 2 rings (SSSR count). The first-order chi connectivity index (χ1) is 8.01. The summed E-state index contributed by atoms with van der Waals surface area (Å²) in [6.07, 6.45) is 4.22. The van der Waals surface area contributed by atoms with E-state index in [1.807, 2.05) is 13.8 Å². The molecule has 0 saturated heterocycles. The van der Waals surface area contributed by atoms with E-state index >= 15 is 0 Å². The summed E-state index contributed by atoms with van der Waals surface area (Å²) in [6, 6.07) is 3.50. The Labute approximate surface area is 107 Å². The molecule has 0 bridgehead atoms. The molecular weight excluding hydrogens is 236 g/mol. The molecule has 1 aliphatic rings. The SMILES string of the molecule is Cc1nc(Cl)ccc1NC(=O)C1(C)CCCC1. The van der Waals surface area contributed by atoms with E-state index in [9.17, 15) is 4.79 Å². The first-order valence-electron chi connectivity index (χ1n) is 5.96. The largest absolute Gasteiger partial charge is 0.324 e. The van der Waals surface area contributed by atoms with Crippen molar-refractivity contribution in [2.24, 2.45) is 5.41 Å². The van der Waals surface area contributed by atoms with Crippen molar-refractivity contribution < 1.29 is 4.79 Å². The van der Waals surface area contributed by atoms with Crippen molar-refractivity contribution in [3.63, 3.8) is 0 Å². The van der Waals surface area contributed by atoms with E-state index in [1.165, 1.54) is 0 Å². The van der Waals surface area contributed by atoms with Crippen LogP contribution < -0.4 is 5.32 Å². The second-order valence-electron chi connectivity index (χ2n) is 4.99. The van der Waals surface area contributed by atoms with Crippen LogP contribution in [0, 0.1) is 12.3 Å². The van der Waals surface area contributed by atoms with Crippen molar-refractivity contribution in [2.75, 3.05) is 5.32 Å². The monoisotopic (exact) mass is 252 g/mol. The molecule has 1 fully saturated rings. The molecule has 0 radical (unpaired) electrons. The topological polar surface area (TPSA) is 42.0 Å². The zero-order chi connectivity index (χ0) is 12.5. The van der Waals surface area contributed by atoms with Gasteiger partial charge in [0.2, 0.25) is 5.91 Å². The van der Waals surface area contributed by atoms with Crippen LogP contribution in [0.5, 0.6) is 0 Å². The predicted molar refractivity (Wildman–Crippen MR) is 69.2 cm³/mol. The average Bonchev–Trinajstić information content (AvgIpc) is 2.71. The number of nitrogens with zero attached hydrogens (tertiary/aromatic N) is 1. The van der Waals surface area contributed by atoms with Crippen molar-refractivity contribution in [1.29, 1.82) is 0 Å². The highest BCUT2D eigenvalue weighted by atomic mass is 35.5. The highest BCUT2D eigenvalue weighted by Gasteiger charge is 2.36. The molecule has 1 saturated carbocycles. The lowest BCUT2D eigenvalue weighted by Crippen LogP contribution is -2.31. The second-order valence-corrected chi connectivity index (χ2v) is 5.38. The van der Waals surface area contributed by atoms with Gasteiger partial charge in [-0.15, -0.1) is 0 Å². The van der Waals surface area contributed by atoms with E-state index in [4.69, 9.17) is 11.6 Å². The number of pyridine rings is 1. The van der Waals surface area contributed by atoms with Gasteiger partial charge in [0.1, 0.15) is 5.15 Å². The van der Waals surface area contributed by atoms with Gasteiger partial charge in [0.05, 0.1) is 11.4 Å². The Hall–Kier alpha value is -1.09. The van der Waals surface area contributed by atoms with Crippen LogP contribution in [0.2, 0.25) is 5.15 Å². The van der Waals surface area contributed by atoms with Crippen molar-refractivity contribution in [3.05, 3.63) is 23.0 Å². The number of carbonyl (C=O) groups is 1. The zero-order valence-electron chi connectivity index (χ0n) is 10.2. The molecule has 4 heteroatoms. The normalized spacial score (nSPS) is 18.1. The molecule has 0 aromatic carbocycles. The number of amides is 1. The maximum absolute atomic E-state index is 12.2. The third-order valence-corrected chi connectivity index (χ3v) is 3.77. The third-order valence-electron chi connectivity index (χ3n) is 3.56. The van der Waals surface area contributed by atoms with Crippen molar-refractivity contribution in [1.82, 2.24) is 4.98 Å². The van der Waals surface area contributed by atoms with Gasteiger partial charge in [-0.2, -0.15) is 0 Å². The first-order valence-corrected chi connectivity index (χ1v) is 6.34. The van der Waals surface area contributed by atoms with Crippen molar-refractivity contribution in [2.45, 2.75) is 39.5 Å². The van der Waals surface area contributed by atoms with E-state index in [-0.39, 0.29) is 11.3 Å². The lowest BCUT2D eigenvalue weighted by atomic mass is 9.88. The van der Waals surface area contributed by atoms with E-state index in [2.05, 4.69) is 10.3 Å². The van der Waals surface area contributed by atoms with Gasteiger partial charge >= 0.3 is 0 Å². The summed E-state index contributed by atoms with van der Waals surface area (Å²) in [5, 5.41) is 3.41. The van der Waals surface area contributed by atoms with Crippen LogP contribution in [0.1, 0.15) is 38.3 Å². The second kappa shape index (κ2) is 4.65. The van der Waals surface area contributed by atoms with Crippen molar-refractivity contribution >= 4 is 23.2 Å². The number of halogens is 1. The summed E-state index contributed by atoms with van der Waals surface area (Å²) in [7, 11) is 0. The first kappa shape index (κ1) is 12.4. The van der Waals surface area contributed by atoms with Gasteiger partial charge in [0, 0.05) is 5.41 Å². The molecule has 3 nitrogen and oxygen atoms in total. The molecule has 1 amide bonds. The maximum atomic E-state index is 12.2. The number of carbonyl (C=O) groups excluding carboxylic acids is 1. The lowest BCUT2D eigenvalue weighted by Gasteiger charge is -2.22. The van der Waals surface area contributed by atoms with Gasteiger partial charge < -0.3 is 5.32 Å². The summed E-state index contributed by atoms with van der Waals surface area (Å²) in [5.74, 6) is 0.0993. The molecule has 0 unspecified atom stereocenters. The van der Waals surface area contributed by atoms with Gasteiger partial charge in [-0.1, -0.05) is 31.4 Å². The molecule has 0 spiro atoms. The maximum Gasteiger partial charge on any atom is 0.230 e. The molecule has 92 valence electrons. The molecule has 1 aromatic rings.